The van der Waals surface area contributed by atoms with Crippen molar-refractivity contribution < 1.29 is 14.3 Å². The van der Waals surface area contributed by atoms with E-state index in [1.54, 1.807) is 31.4 Å². The molecule has 0 aliphatic heterocycles. The summed E-state index contributed by atoms with van der Waals surface area (Å²) < 4.78 is 7.12. The summed E-state index contributed by atoms with van der Waals surface area (Å²) in [5.41, 5.74) is 2.87. The molecule has 0 unspecified atom stereocenters. The van der Waals surface area contributed by atoms with Crippen molar-refractivity contribution in [2.24, 2.45) is 7.05 Å². The largest absolute Gasteiger partial charge is 0.497 e. The monoisotopic (exact) mass is 328 g/mol. The van der Waals surface area contributed by atoms with Gasteiger partial charge in [-0.15, -0.1) is 0 Å². The van der Waals surface area contributed by atoms with E-state index in [2.05, 4.69) is 5.32 Å². The summed E-state index contributed by atoms with van der Waals surface area (Å²) in [5, 5.41) is 2.89. The molecular formula is C19H24N2O3. The van der Waals surface area contributed by atoms with Crippen LogP contribution >= 0.6 is 0 Å². The van der Waals surface area contributed by atoms with Gasteiger partial charge in [0.2, 0.25) is 5.91 Å². The first-order valence-corrected chi connectivity index (χ1v) is 8.06. The van der Waals surface area contributed by atoms with Gasteiger partial charge in [-0.05, 0) is 49.7 Å². The highest BCUT2D eigenvalue weighted by Gasteiger charge is 2.09. The molecule has 0 saturated heterocycles. The standard InChI is InChI=1S/C19H24N2O3/c1-14-7-10-16(21(14)2)13-20-19(23)6-4-5-18(22)15-8-11-17(24-3)12-9-15/h7-12H,4-6,13H2,1-3H3,(H,20,23). The summed E-state index contributed by atoms with van der Waals surface area (Å²) in [6, 6.07) is 11.1. The third-order valence-electron chi connectivity index (χ3n) is 4.16. The average Bonchev–Trinajstić information content (AvgIpc) is 2.91. The second-order valence-electron chi connectivity index (χ2n) is 5.81. The van der Waals surface area contributed by atoms with Crippen molar-refractivity contribution in [3.05, 3.63) is 53.3 Å². The normalized spacial score (nSPS) is 10.5. The van der Waals surface area contributed by atoms with Crippen LogP contribution in [0.4, 0.5) is 0 Å². The number of nitrogens with zero attached hydrogens (tertiary/aromatic N) is 1. The second-order valence-corrected chi connectivity index (χ2v) is 5.81. The number of Topliss-reactive ketones (excluding diaryl/α,β-unsaturated/α-hetero) is 1. The predicted molar refractivity (Wildman–Crippen MR) is 93.2 cm³/mol. The first-order chi connectivity index (χ1) is 11.5. The van der Waals surface area contributed by atoms with Gasteiger partial charge in [-0.2, -0.15) is 0 Å². The number of ether oxygens (including phenoxy) is 1. The quantitative estimate of drug-likeness (QED) is 0.758. The lowest BCUT2D eigenvalue weighted by Crippen LogP contribution is -2.23. The molecule has 0 radical (unpaired) electrons. The molecule has 2 rings (SSSR count). The Labute approximate surface area is 142 Å². The maximum atomic E-state index is 12.1. The second kappa shape index (κ2) is 8.34. The molecule has 0 aliphatic rings. The molecule has 0 spiro atoms. The molecule has 2 aromatic rings. The summed E-state index contributed by atoms with van der Waals surface area (Å²) >= 11 is 0. The van der Waals surface area contributed by atoms with E-state index < -0.39 is 0 Å². The van der Waals surface area contributed by atoms with Crippen molar-refractivity contribution in [3.63, 3.8) is 0 Å². The number of aromatic nitrogens is 1. The molecule has 1 aromatic heterocycles. The van der Waals surface area contributed by atoms with E-state index in [1.165, 1.54) is 0 Å². The molecule has 24 heavy (non-hydrogen) atoms. The van der Waals surface area contributed by atoms with Gasteiger partial charge in [-0.1, -0.05) is 0 Å². The first kappa shape index (κ1) is 17.8. The number of hydrogen-bond donors (Lipinski definition) is 1. The van der Waals surface area contributed by atoms with Crippen LogP contribution in [0.2, 0.25) is 0 Å². The Kier molecular flexibility index (Phi) is 6.18. The summed E-state index contributed by atoms with van der Waals surface area (Å²) in [5.74, 6) is 0.738. The van der Waals surface area contributed by atoms with E-state index in [9.17, 15) is 9.59 Å². The molecule has 0 bridgehead atoms. The fraction of sp³-hybridized carbons (Fsp3) is 0.368. The molecule has 1 N–H and O–H groups in total. The molecular weight excluding hydrogens is 304 g/mol. The highest BCUT2D eigenvalue weighted by Crippen LogP contribution is 2.14. The number of methoxy groups -OCH3 is 1. The van der Waals surface area contributed by atoms with Crippen LogP contribution in [0.1, 0.15) is 41.0 Å². The van der Waals surface area contributed by atoms with Crippen molar-refractivity contribution in [2.75, 3.05) is 7.11 Å². The Bertz CT molecular complexity index is 702. The lowest BCUT2D eigenvalue weighted by Gasteiger charge is -2.07. The van der Waals surface area contributed by atoms with Crippen molar-refractivity contribution >= 4 is 11.7 Å². The molecule has 5 nitrogen and oxygen atoms in total. The first-order valence-electron chi connectivity index (χ1n) is 8.06. The van der Waals surface area contributed by atoms with Crippen LogP contribution in [0.15, 0.2) is 36.4 Å². The topological polar surface area (TPSA) is 60.3 Å². The Morgan fingerprint density at radius 3 is 2.38 bits per heavy atom. The molecule has 0 saturated carbocycles. The van der Waals surface area contributed by atoms with Crippen molar-refractivity contribution in [1.29, 1.82) is 0 Å². The van der Waals surface area contributed by atoms with E-state index in [0.717, 1.165) is 17.1 Å². The smallest absolute Gasteiger partial charge is 0.220 e. The van der Waals surface area contributed by atoms with Gasteiger partial charge in [-0.3, -0.25) is 9.59 Å². The minimum absolute atomic E-state index is 0.0311. The lowest BCUT2D eigenvalue weighted by molar-refractivity contribution is -0.121. The third-order valence-corrected chi connectivity index (χ3v) is 4.16. The molecule has 5 heteroatoms. The lowest BCUT2D eigenvalue weighted by atomic mass is 10.1. The predicted octanol–water partition coefficient (Wildman–Crippen LogP) is 3.01. The molecule has 0 aliphatic carbocycles. The third kappa shape index (κ3) is 4.72. The summed E-state index contributed by atoms with van der Waals surface area (Å²) in [6.07, 6.45) is 1.26. The van der Waals surface area contributed by atoms with Crippen LogP contribution in [-0.2, 0) is 18.4 Å². The van der Waals surface area contributed by atoms with Gasteiger partial charge in [0.15, 0.2) is 5.78 Å². The summed E-state index contributed by atoms with van der Waals surface area (Å²) in [7, 11) is 3.57. The summed E-state index contributed by atoms with van der Waals surface area (Å²) in [4.78, 5) is 24.0. The van der Waals surface area contributed by atoms with Crippen LogP contribution < -0.4 is 10.1 Å². The number of nitrogens with one attached hydrogen (secondary N) is 1. The highest BCUT2D eigenvalue weighted by atomic mass is 16.5. The van der Waals surface area contributed by atoms with Gasteiger partial charge in [-0.25, -0.2) is 0 Å². The Morgan fingerprint density at radius 2 is 1.79 bits per heavy atom. The highest BCUT2D eigenvalue weighted by molar-refractivity contribution is 5.96. The summed E-state index contributed by atoms with van der Waals surface area (Å²) in [6.45, 7) is 2.53. The SMILES string of the molecule is COc1ccc(C(=O)CCCC(=O)NCc2ccc(C)n2C)cc1. The van der Waals surface area contributed by atoms with Crippen molar-refractivity contribution in [3.8, 4) is 5.75 Å². The van der Waals surface area contributed by atoms with Gasteiger partial charge < -0.3 is 14.6 Å². The maximum absolute atomic E-state index is 12.1. The molecule has 0 fully saturated rings. The minimum Gasteiger partial charge on any atom is -0.497 e. The maximum Gasteiger partial charge on any atom is 0.220 e. The van der Waals surface area contributed by atoms with Gasteiger partial charge in [0, 0.05) is 36.8 Å². The average molecular weight is 328 g/mol. The Morgan fingerprint density at radius 1 is 1.08 bits per heavy atom. The zero-order valence-corrected chi connectivity index (χ0v) is 14.5. The van der Waals surface area contributed by atoms with E-state index in [-0.39, 0.29) is 11.7 Å². The number of ketones is 1. The number of aryl methyl sites for hydroxylation is 1. The zero-order chi connectivity index (χ0) is 17.5. The number of hydrogen-bond acceptors (Lipinski definition) is 3. The number of amides is 1. The van der Waals surface area contributed by atoms with Gasteiger partial charge in [0.25, 0.3) is 0 Å². The van der Waals surface area contributed by atoms with E-state index >= 15 is 0 Å². The van der Waals surface area contributed by atoms with E-state index in [1.807, 2.05) is 30.7 Å². The van der Waals surface area contributed by atoms with E-state index in [0.29, 0.717) is 31.4 Å². The van der Waals surface area contributed by atoms with E-state index in [4.69, 9.17) is 4.74 Å². The van der Waals surface area contributed by atoms with Crippen molar-refractivity contribution in [2.45, 2.75) is 32.7 Å². The Balaban J connectivity index is 1.71. The van der Waals surface area contributed by atoms with Gasteiger partial charge >= 0.3 is 0 Å². The molecule has 1 heterocycles. The Hall–Kier alpha value is -2.56. The van der Waals surface area contributed by atoms with Crippen LogP contribution in [-0.4, -0.2) is 23.4 Å². The number of rotatable bonds is 8. The molecule has 1 amide bonds. The number of carbonyl (C=O) groups is 2. The molecule has 0 atom stereocenters. The van der Waals surface area contributed by atoms with Crippen LogP contribution in [0.3, 0.4) is 0 Å². The molecule has 1 aromatic carbocycles. The van der Waals surface area contributed by atoms with Crippen molar-refractivity contribution in [1.82, 2.24) is 9.88 Å². The fourth-order valence-corrected chi connectivity index (χ4v) is 2.45. The fourth-order valence-electron chi connectivity index (χ4n) is 2.45. The minimum atomic E-state index is -0.0311. The van der Waals surface area contributed by atoms with Gasteiger partial charge in [0.05, 0.1) is 13.7 Å². The zero-order valence-electron chi connectivity index (χ0n) is 14.5. The van der Waals surface area contributed by atoms with Crippen LogP contribution in [0.25, 0.3) is 0 Å². The number of carbonyl (C=O) groups excluding carboxylic acids is 2. The number of benzene rings is 1. The van der Waals surface area contributed by atoms with Gasteiger partial charge in [0.1, 0.15) is 5.75 Å². The van der Waals surface area contributed by atoms with Crippen LogP contribution in [0, 0.1) is 6.92 Å². The molecule has 128 valence electrons. The van der Waals surface area contributed by atoms with Crippen LogP contribution in [0.5, 0.6) is 5.75 Å².